The number of fused-ring (bicyclic) bond motifs is 1. The Morgan fingerprint density at radius 2 is 1.39 bits per heavy atom. The maximum atomic E-state index is 14.0. The van der Waals surface area contributed by atoms with Crippen molar-refractivity contribution in [3.8, 4) is 0 Å². The molecule has 6 nitrogen and oxygen atoms in total. The summed E-state index contributed by atoms with van der Waals surface area (Å²) in [6.45, 7) is 3.47. The van der Waals surface area contributed by atoms with Gasteiger partial charge in [-0.3, -0.25) is 4.18 Å². The summed E-state index contributed by atoms with van der Waals surface area (Å²) in [5.74, 6) is -0.526. The van der Waals surface area contributed by atoms with Crippen molar-refractivity contribution >= 4 is 31.0 Å². The number of benzene rings is 3. The van der Waals surface area contributed by atoms with E-state index in [0.717, 1.165) is 15.1 Å². The lowest BCUT2D eigenvalue weighted by Gasteiger charge is -2.08. The minimum Gasteiger partial charge on any atom is -0.266 e. The number of aryl methyl sites for hydroxylation is 2. The maximum Gasteiger partial charge on any atom is 0.296 e. The first-order valence-corrected chi connectivity index (χ1v) is 13.0. The van der Waals surface area contributed by atoms with Gasteiger partial charge in [0.2, 0.25) is 0 Å². The molecule has 1 heterocycles. The molecule has 0 bridgehead atoms. The topological polar surface area (TPSA) is 82.4 Å². The number of nitrogens with zero attached hydrogens (tertiary/aromatic N) is 1. The van der Waals surface area contributed by atoms with Crippen LogP contribution in [-0.4, -0.2) is 27.4 Å². The molecule has 4 rings (SSSR count). The Morgan fingerprint density at radius 1 is 0.818 bits per heavy atom. The Labute approximate surface area is 192 Å². The highest BCUT2D eigenvalue weighted by Crippen LogP contribution is 2.28. The smallest absolute Gasteiger partial charge is 0.266 e. The number of hydrogen-bond donors (Lipinski definition) is 0. The maximum absolute atomic E-state index is 14.0. The first-order chi connectivity index (χ1) is 15.6. The summed E-state index contributed by atoms with van der Waals surface area (Å²) in [5, 5.41) is 0.377. The molecule has 0 aliphatic heterocycles. The molecule has 0 atom stereocenters. The summed E-state index contributed by atoms with van der Waals surface area (Å²) < 4.78 is 71.6. The molecule has 4 aromatic rings. The summed E-state index contributed by atoms with van der Waals surface area (Å²) in [7, 11) is -7.92. The van der Waals surface area contributed by atoms with Gasteiger partial charge in [-0.05, 0) is 68.3 Å². The van der Waals surface area contributed by atoms with E-state index in [0.29, 0.717) is 16.5 Å². The molecule has 0 aliphatic rings. The van der Waals surface area contributed by atoms with E-state index in [1.807, 2.05) is 13.8 Å². The molecule has 3 aromatic carbocycles. The van der Waals surface area contributed by atoms with Crippen LogP contribution in [0, 0.1) is 19.7 Å². The summed E-state index contributed by atoms with van der Waals surface area (Å²) in [4.78, 5) is 0.127. The fourth-order valence-electron chi connectivity index (χ4n) is 3.49. The zero-order valence-corrected chi connectivity index (χ0v) is 19.7. The molecule has 0 saturated heterocycles. The molecule has 0 saturated carbocycles. The Kier molecular flexibility index (Phi) is 6.13. The Hall–Kier alpha value is -3.01. The van der Waals surface area contributed by atoms with Gasteiger partial charge in [0, 0.05) is 11.6 Å². The van der Waals surface area contributed by atoms with Crippen LogP contribution in [0.15, 0.2) is 82.7 Å². The van der Waals surface area contributed by atoms with Crippen molar-refractivity contribution in [2.75, 3.05) is 6.61 Å². The van der Waals surface area contributed by atoms with Crippen LogP contribution in [0.5, 0.6) is 0 Å². The van der Waals surface area contributed by atoms with Crippen molar-refractivity contribution in [2.45, 2.75) is 30.1 Å². The van der Waals surface area contributed by atoms with E-state index < -0.39 is 26.0 Å². The zero-order chi connectivity index (χ0) is 23.8. The third-order valence-corrected chi connectivity index (χ3v) is 8.33. The van der Waals surface area contributed by atoms with E-state index in [1.165, 1.54) is 48.7 Å². The van der Waals surface area contributed by atoms with E-state index in [1.54, 1.807) is 24.3 Å². The molecule has 0 amide bonds. The molecule has 0 unspecified atom stereocenters. The summed E-state index contributed by atoms with van der Waals surface area (Å²) in [6, 6.07) is 16.5. The van der Waals surface area contributed by atoms with Crippen molar-refractivity contribution in [2.24, 2.45) is 0 Å². The van der Waals surface area contributed by atoms with Crippen molar-refractivity contribution < 1.29 is 25.4 Å². The number of rotatable bonds is 7. The number of aromatic nitrogens is 1. The number of hydrogen-bond acceptors (Lipinski definition) is 5. The predicted octanol–water partition coefficient (Wildman–Crippen LogP) is 4.58. The third kappa shape index (κ3) is 4.71. The van der Waals surface area contributed by atoms with Crippen LogP contribution >= 0.6 is 0 Å². The van der Waals surface area contributed by atoms with Gasteiger partial charge < -0.3 is 0 Å². The molecule has 0 aliphatic carbocycles. The monoisotopic (exact) mass is 487 g/mol. The average Bonchev–Trinajstić information content (AvgIpc) is 3.13. The fraction of sp³-hybridized carbons (Fsp3) is 0.167. The van der Waals surface area contributed by atoms with Crippen molar-refractivity contribution in [1.82, 2.24) is 3.97 Å². The molecule has 172 valence electrons. The van der Waals surface area contributed by atoms with Crippen molar-refractivity contribution in [3.63, 3.8) is 0 Å². The first kappa shape index (κ1) is 23.2. The zero-order valence-electron chi connectivity index (χ0n) is 18.0. The molecule has 0 N–H and O–H groups in total. The highest BCUT2D eigenvalue weighted by Gasteiger charge is 2.22. The van der Waals surface area contributed by atoms with Crippen LogP contribution in [0.3, 0.4) is 0 Å². The van der Waals surface area contributed by atoms with Crippen molar-refractivity contribution in [3.05, 3.63) is 95.4 Å². The lowest BCUT2D eigenvalue weighted by atomic mass is 10.1. The van der Waals surface area contributed by atoms with Gasteiger partial charge in [0.25, 0.3) is 20.1 Å². The van der Waals surface area contributed by atoms with Gasteiger partial charge in [0.1, 0.15) is 5.82 Å². The van der Waals surface area contributed by atoms with Gasteiger partial charge in [-0.25, -0.2) is 16.8 Å². The first-order valence-electron chi connectivity index (χ1n) is 10.2. The van der Waals surface area contributed by atoms with Crippen LogP contribution in [-0.2, 0) is 30.7 Å². The summed E-state index contributed by atoms with van der Waals surface area (Å²) in [6.07, 6.45) is 1.46. The highest BCUT2D eigenvalue weighted by atomic mass is 32.2. The average molecular weight is 488 g/mol. The van der Waals surface area contributed by atoms with Crippen LogP contribution in [0.25, 0.3) is 10.9 Å². The second kappa shape index (κ2) is 8.74. The van der Waals surface area contributed by atoms with Crippen molar-refractivity contribution in [1.29, 1.82) is 0 Å². The van der Waals surface area contributed by atoms with Crippen LogP contribution in [0.1, 0.15) is 16.7 Å². The summed E-state index contributed by atoms with van der Waals surface area (Å²) >= 11 is 0. The predicted molar refractivity (Wildman–Crippen MR) is 124 cm³/mol. The van der Waals surface area contributed by atoms with E-state index in [9.17, 15) is 21.2 Å². The summed E-state index contributed by atoms with van der Waals surface area (Å²) in [5.41, 5.74) is 2.59. The Morgan fingerprint density at radius 3 is 2.00 bits per heavy atom. The van der Waals surface area contributed by atoms with Crippen LogP contribution in [0.4, 0.5) is 4.39 Å². The minimum atomic E-state index is -3.98. The Bertz CT molecular complexity index is 1520. The van der Waals surface area contributed by atoms with Gasteiger partial charge in [0.15, 0.2) is 0 Å². The van der Waals surface area contributed by atoms with Crippen LogP contribution in [0.2, 0.25) is 0 Å². The number of halogens is 1. The molecule has 0 fully saturated rings. The SMILES string of the molecule is Cc1ccc(S(=O)(=O)OCCc2cn(S(=O)(=O)c3ccc(C)cc3)c3ccc(F)cc23)cc1. The quantitative estimate of drug-likeness (QED) is 0.356. The van der Waals surface area contributed by atoms with Gasteiger partial charge in [-0.15, -0.1) is 0 Å². The van der Waals surface area contributed by atoms with Crippen LogP contribution < -0.4 is 0 Å². The van der Waals surface area contributed by atoms with E-state index in [-0.39, 0.29) is 22.8 Å². The molecule has 9 heteroatoms. The molecule has 1 aromatic heterocycles. The second-order valence-corrected chi connectivity index (χ2v) is 11.2. The molecule has 0 radical (unpaired) electrons. The molecule has 0 spiro atoms. The van der Waals surface area contributed by atoms with Gasteiger partial charge in [-0.2, -0.15) is 8.42 Å². The molecule has 33 heavy (non-hydrogen) atoms. The van der Waals surface area contributed by atoms with Gasteiger partial charge >= 0.3 is 0 Å². The second-order valence-electron chi connectivity index (χ2n) is 7.77. The fourth-order valence-corrected chi connectivity index (χ4v) is 5.79. The largest absolute Gasteiger partial charge is 0.296 e. The minimum absolute atomic E-state index is 0.0310. The molecular weight excluding hydrogens is 465 g/mol. The normalized spacial score (nSPS) is 12.3. The van der Waals surface area contributed by atoms with E-state index >= 15 is 0 Å². The highest BCUT2D eigenvalue weighted by molar-refractivity contribution is 7.90. The molecular formula is C24H22FNO5S2. The lowest BCUT2D eigenvalue weighted by molar-refractivity contribution is 0.322. The van der Waals surface area contributed by atoms with Gasteiger partial charge in [0.05, 0.1) is 21.9 Å². The van der Waals surface area contributed by atoms with E-state index in [2.05, 4.69) is 0 Å². The van der Waals surface area contributed by atoms with E-state index in [4.69, 9.17) is 4.18 Å². The third-order valence-electron chi connectivity index (χ3n) is 5.31. The Balaban J connectivity index is 1.65. The lowest BCUT2D eigenvalue weighted by Crippen LogP contribution is -2.12. The standard InChI is InChI=1S/C24H22FNO5S2/c1-17-3-8-21(9-4-17)32(27,28)26-16-19(23-15-20(25)7-12-24(23)26)13-14-31-33(29,30)22-10-5-18(2)6-11-22/h3-12,15-16H,13-14H2,1-2H3. The van der Waals surface area contributed by atoms with Gasteiger partial charge in [-0.1, -0.05) is 35.4 Å².